The van der Waals surface area contributed by atoms with Crippen LogP contribution < -0.4 is 12.4 Å². The van der Waals surface area contributed by atoms with Crippen LogP contribution in [0.15, 0.2) is 0 Å². The average Bonchev–Trinajstić information content (AvgIpc) is 2.28. The van der Waals surface area contributed by atoms with Crippen molar-refractivity contribution in [1.29, 1.82) is 0 Å². The number of morpholine rings is 1. The van der Waals surface area contributed by atoms with Gasteiger partial charge in [0.15, 0.2) is 0 Å². The Bertz CT molecular complexity index is 260. The first-order valence-electron chi connectivity index (χ1n) is 6.73. The maximum absolute atomic E-state index is 12.1. The highest BCUT2D eigenvalue weighted by Crippen LogP contribution is 2.20. The van der Waals surface area contributed by atoms with Gasteiger partial charge in [0.05, 0.1) is 19.8 Å². The zero-order chi connectivity index (χ0) is 12.3. The van der Waals surface area contributed by atoms with Crippen molar-refractivity contribution in [3.63, 3.8) is 0 Å². The number of rotatable bonds is 2. The lowest BCUT2D eigenvalue weighted by Crippen LogP contribution is -3.00. The number of nitrogens with zero attached hydrogens (tertiary/aromatic N) is 2. The van der Waals surface area contributed by atoms with E-state index in [0.29, 0.717) is 19.8 Å². The van der Waals surface area contributed by atoms with Crippen LogP contribution in [0.25, 0.3) is 0 Å². The molecule has 0 aliphatic carbocycles. The van der Waals surface area contributed by atoms with Gasteiger partial charge in [-0.3, -0.25) is 9.69 Å². The third-order valence-corrected chi connectivity index (χ3v) is 3.67. The lowest BCUT2D eigenvalue weighted by Gasteiger charge is -2.36. The van der Waals surface area contributed by atoms with Crippen LogP contribution in [0.3, 0.4) is 0 Å². The molecule has 2 heterocycles. The highest BCUT2D eigenvalue weighted by molar-refractivity contribution is 5.78. The summed E-state index contributed by atoms with van der Waals surface area (Å²) in [6.45, 7) is 10.2. The van der Waals surface area contributed by atoms with E-state index >= 15 is 0 Å². The summed E-state index contributed by atoms with van der Waals surface area (Å²) in [6, 6.07) is 0. The Morgan fingerprint density at radius 3 is 2.28 bits per heavy atom. The Kier molecular flexibility index (Phi) is 6.39. The van der Waals surface area contributed by atoms with Gasteiger partial charge in [-0.15, -0.1) is 0 Å². The second-order valence-electron chi connectivity index (χ2n) is 5.63. The van der Waals surface area contributed by atoms with Crippen LogP contribution in [-0.2, 0) is 9.53 Å². The standard InChI is InChI=1S/C13H24N2O2.ClH/c1-11-7-12(2)9-14(8-11)10-13(16)15-3-5-17-6-4-15;/h11-12H,3-10H2,1-2H3;1H/p-1. The molecule has 106 valence electrons. The second kappa shape index (κ2) is 7.31. The first-order chi connectivity index (χ1) is 8.15. The minimum atomic E-state index is 0. The number of ether oxygens (including phenoxy) is 1. The molecule has 0 N–H and O–H groups in total. The molecule has 0 spiro atoms. The summed E-state index contributed by atoms with van der Waals surface area (Å²) in [4.78, 5) is 16.4. The minimum Gasteiger partial charge on any atom is -1.00 e. The molecular weight excluding hydrogens is 252 g/mol. The molecule has 0 saturated carbocycles. The molecule has 2 aliphatic heterocycles. The van der Waals surface area contributed by atoms with Crippen LogP contribution in [0.1, 0.15) is 20.3 Å². The molecule has 0 aromatic rings. The van der Waals surface area contributed by atoms with Crippen LogP contribution in [0, 0.1) is 11.8 Å². The quantitative estimate of drug-likeness (QED) is 0.575. The van der Waals surface area contributed by atoms with Gasteiger partial charge < -0.3 is 22.0 Å². The molecular formula is C13H24ClN2O2-. The Morgan fingerprint density at radius 1 is 1.17 bits per heavy atom. The fraction of sp³-hybridized carbons (Fsp3) is 0.923. The first-order valence-corrected chi connectivity index (χ1v) is 6.73. The molecule has 4 nitrogen and oxygen atoms in total. The lowest BCUT2D eigenvalue weighted by atomic mass is 9.92. The van der Waals surface area contributed by atoms with Crippen molar-refractivity contribution < 1.29 is 21.9 Å². The first kappa shape index (κ1) is 15.7. The highest BCUT2D eigenvalue weighted by atomic mass is 35.5. The highest BCUT2D eigenvalue weighted by Gasteiger charge is 2.25. The molecule has 5 heteroatoms. The van der Waals surface area contributed by atoms with E-state index in [9.17, 15) is 4.79 Å². The van der Waals surface area contributed by atoms with Crippen molar-refractivity contribution in [1.82, 2.24) is 9.80 Å². The van der Waals surface area contributed by atoms with Gasteiger partial charge in [-0.25, -0.2) is 0 Å². The van der Waals surface area contributed by atoms with E-state index in [1.165, 1.54) is 6.42 Å². The summed E-state index contributed by atoms with van der Waals surface area (Å²) in [5, 5.41) is 0. The fourth-order valence-electron chi connectivity index (χ4n) is 3.03. The third-order valence-electron chi connectivity index (χ3n) is 3.67. The molecule has 2 saturated heterocycles. The number of carbonyl (C=O) groups excluding carboxylic acids is 1. The second-order valence-corrected chi connectivity index (χ2v) is 5.63. The van der Waals surface area contributed by atoms with Gasteiger partial charge in [-0.1, -0.05) is 13.8 Å². The summed E-state index contributed by atoms with van der Waals surface area (Å²) >= 11 is 0. The maximum atomic E-state index is 12.1. The molecule has 2 fully saturated rings. The van der Waals surface area contributed by atoms with Crippen molar-refractivity contribution >= 4 is 5.91 Å². The van der Waals surface area contributed by atoms with Gasteiger partial charge in [0.1, 0.15) is 0 Å². The van der Waals surface area contributed by atoms with Crippen molar-refractivity contribution in [2.75, 3.05) is 45.9 Å². The SMILES string of the molecule is CC1CC(C)CN(CC(=O)N2CCOCC2)C1.[Cl-]. The topological polar surface area (TPSA) is 32.8 Å². The summed E-state index contributed by atoms with van der Waals surface area (Å²) < 4.78 is 5.27. The number of amides is 1. The van der Waals surface area contributed by atoms with Crippen molar-refractivity contribution in [2.24, 2.45) is 11.8 Å². The number of piperidine rings is 1. The number of carbonyl (C=O) groups is 1. The molecule has 0 radical (unpaired) electrons. The van der Waals surface area contributed by atoms with Crippen LogP contribution in [0.5, 0.6) is 0 Å². The molecule has 2 rings (SSSR count). The predicted molar refractivity (Wildman–Crippen MR) is 66.8 cm³/mol. The molecule has 2 unspecified atom stereocenters. The third kappa shape index (κ3) is 4.41. The fourth-order valence-corrected chi connectivity index (χ4v) is 3.03. The smallest absolute Gasteiger partial charge is 0.236 e. The Hall–Kier alpha value is -0.320. The average molecular weight is 276 g/mol. The monoisotopic (exact) mass is 275 g/mol. The lowest BCUT2D eigenvalue weighted by molar-refractivity contribution is -0.137. The van der Waals surface area contributed by atoms with Gasteiger partial charge in [-0.05, 0) is 18.3 Å². The summed E-state index contributed by atoms with van der Waals surface area (Å²) in [5.74, 6) is 1.71. The van der Waals surface area contributed by atoms with Crippen LogP contribution in [-0.4, -0.2) is 61.6 Å². The van der Waals surface area contributed by atoms with Crippen molar-refractivity contribution in [3.05, 3.63) is 0 Å². The van der Waals surface area contributed by atoms with E-state index < -0.39 is 0 Å². The van der Waals surface area contributed by atoms with E-state index in [4.69, 9.17) is 4.74 Å². The van der Waals surface area contributed by atoms with Gasteiger partial charge in [-0.2, -0.15) is 0 Å². The largest absolute Gasteiger partial charge is 1.00 e. The molecule has 0 bridgehead atoms. The summed E-state index contributed by atoms with van der Waals surface area (Å²) in [5.41, 5.74) is 0. The van der Waals surface area contributed by atoms with Gasteiger partial charge in [0, 0.05) is 26.2 Å². The number of hydrogen-bond donors (Lipinski definition) is 0. The van der Waals surface area contributed by atoms with Crippen molar-refractivity contribution in [2.45, 2.75) is 20.3 Å². The van der Waals surface area contributed by atoms with Gasteiger partial charge in [0.25, 0.3) is 0 Å². The molecule has 18 heavy (non-hydrogen) atoms. The molecule has 0 aromatic carbocycles. The van der Waals surface area contributed by atoms with E-state index in [1.54, 1.807) is 0 Å². The van der Waals surface area contributed by atoms with E-state index in [2.05, 4.69) is 18.7 Å². The van der Waals surface area contributed by atoms with Crippen LogP contribution >= 0.6 is 0 Å². The van der Waals surface area contributed by atoms with Crippen molar-refractivity contribution in [3.8, 4) is 0 Å². The predicted octanol–water partition coefficient (Wildman–Crippen LogP) is -2.17. The summed E-state index contributed by atoms with van der Waals surface area (Å²) in [7, 11) is 0. The maximum Gasteiger partial charge on any atom is 0.236 e. The zero-order valence-corrected chi connectivity index (χ0v) is 12.2. The summed E-state index contributed by atoms with van der Waals surface area (Å²) in [6.07, 6.45) is 1.29. The molecule has 1 amide bonds. The normalized spacial score (nSPS) is 29.8. The Balaban J connectivity index is 0.00000162. The van der Waals surface area contributed by atoms with E-state index in [0.717, 1.165) is 38.0 Å². The van der Waals surface area contributed by atoms with E-state index in [-0.39, 0.29) is 18.3 Å². The number of likely N-dealkylation sites (tertiary alicyclic amines) is 1. The Labute approximate surface area is 116 Å². The van der Waals surface area contributed by atoms with Gasteiger partial charge in [0.2, 0.25) is 5.91 Å². The molecule has 0 aromatic heterocycles. The van der Waals surface area contributed by atoms with E-state index in [1.807, 2.05) is 4.90 Å². The minimum absolute atomic E-state index is 0. The molecule has 2 aliphatic rings. The van der Waals surface area contributed by atoms with Crippen LogP contribution in [0.4, 0.5) is 0 Å². The van der Waals surface area contributed by atoms with Crippen LogP contribution in [0.2, 0.25) is 0 Å². The number of halogens is 1. The Morgan fingerprint density at radius 2 is 1.72 bits per heavy atom. The number of hydrogen-bond acceptors (Lipinski definition) is 3. The zero-order valence-electron chi connectivity index (χ0n) is 11.4. The molecule has 2 atom stereocenters. The van der Waals surface area contributed by atoms with Gasteiger partial charge >= 0.3 is 0 Å².